The Morgan fingerprint density at radius 2 is 2.09 bits per heavy atom. The van der Waals surface area contributed by atoms with Crippen molar-refractivity contribution in [2.75, 3.05) is 18.5 Å². The summed E-state index contributed by atoms with van der Waals surface area (Å²) in [4.78, 5) is 12.4. The molecule has 1 spiro atoms. The number of benzene rings is 1. The van der Waals surface area contributed by atoms with Crippen LogP contribution in [-0.4, -0.2) is 39.7 Å². The van der Waals surface area contributed by atoms with Crippen molar-refractivity contribution in [1.82, 2.24) is 20.6 Å². The number of carbonyl (C=O) groups excluding carboxylic acids is 1. The molecule has 1 saturated heterocycles. The van der Waals surface area contributed by atoms with Crippen molar-refractivity contribution in [3.05, 3.63) is 35.7 Å². The number of H-pyrrole nitrogens is 1. The first-order valence-electron chi connectivity index (χ1n) is 7.95. The van der Waals surface area contributed by atoms with Gasteiger partial charge in [0.15, 0.2) is 5.82 Å². The number of aromatic amines is 1. The van der Waals surface area contributed by atoms with E-state index in [9.17, 15) is 4.79 Å². The number of carbonyl (C=O) groups is 1. The normalized spacial score (nSPS) is 22.0. The molecule has 7 nitrogen and oxygen atoms in total. The Hall–Kier alpha value is -2.28. The number of anilines is 1. The lowest BCUT2D eigenvalue weighted by molar-refractivity contribution is -0.118. The number of tetrazole rings is 1. The molecular weight excluding hydrogens is 294 g/mol. The average molecular weight is 313 g/mol. The highest BCUT2D eigenvalue weighted by atomic mass is 16.5. The molecule has 1 saturated carbocycles. The molecule has 4 rings (SSSR count). The van der Waals surface area contributed by atoms with Gasteiger partial charge in [-0.15, -0.1) is 10.2 Å². The number of rotatable bonds is 4. The summed E-state index contributed by atoms with van der Waals surface area (Å²) < 4.78 is 5.40. The quantitative estimate of drug-likeness (QED) is 0.893. The maximum atomic E-state index is 12.4. The van der Waals surface area contributed by atoms with Gasteiger partial charge in [-0.3, -0.25) is 4.79 Å². The van der Waals surface area contributed by atoms with Crippen molar-refractivity contribution >= 4 is 11.6 Å². The van der Waals surface area contributed by atoms with Gasteiger partial charge in [0, 0.05) is 31.2 Å². The molecule has 1 aliphatic carbocycles. The van der Waals surface area contributed by atoms with Crippen LogP contribution < -0.4 is 5.32 Å². The SMILES string of the molecule is O=C(Nc1ccc(Cc2nn[nH]n2)cc1)C1CC12CCOCC2. The lowest BCUT2D eigenvalue weighted by atomic mass is 9.93. The van der Waals surface area contributed by atoms with Crippen molar-refractivity contribution in [3.63, 3.8) is 0 Å². The van der Waals surface area contributed by atoms with Crippen molar-refractivity contribution in [2.24, 2.45) is 11.3 Å². The van der Waals surface area contributed by atoms with Gasteiger partial charge in [0.05, 0.1) is 0 Å². The number of ether oxygens (including phenoxy) is 1. The molecule has 2 aliphatic rings. The van der Waals surface area contributed by atoms with Crippen molar-refractivity contribution in [2.45, 2.75) is 25.7 Å². The van der Waals surface area contributed by atoms with E-state index in [4.69, 9.17) is 4.74 Å². The van der Waals surface area contributed by atoms with E-state index in [1.807, 2.05) is 24.3 Å². The van der Waals surface area contributed by atoms with Crippen LogP contribution in [-0.2, 0) is 16.0 Å². The summed E-state index contributed by atoms with van der Waals surface area (Å²) in [5, 5.41) is 16.9. The average Bonchev–Trinajstić information content (AvgIpc) is 3.02. The topological polar surface area (TPSA) is 92.8 Å². The zero-order chi connectivity index (χ0) is 15.7. The Morgan fingerprint density at radius 1 is 1.30 bits per heavy atom. The largest absolute Gasteiger partial charge is 0.381 e. The van der Waals surface area contributed by atoms with Crippen molar-refractivity contribution < 1.29 is 9.53 Å². The van der Waals surface area contributed by atoms with Crippen molar-refractivity contribution in [1.29, 1.82) is 0 Å². The minimum absolute atomic E-state index is 0.137. The Balaban J connectivity index is 1.35. The Kier molecular flexibility index (Phi) is 3.57. The second-order valence-electron chi connectivity index (χ2n) is 6.42. The monoisotopic (exact) mass is 313 g/mol. The molecule has 1 aromatic heterocycles. The first-order valence-corrected chi connectivity index (χ1v) is 7.95. The lowest BCUT2D eigenvalue weighted by Gasteiger charge is -2.22. The summed E-state index contributed by atoms with van der Waals surface area (Å²) in [5.41, 5.74) is 2.12. The van der Waals surface area contributed by atoms with Crippen molar-refractivity contribution in [3.8, 4) is 0 Å². The number of nitrogens with one attached hydrogen (secondary N) is 2. The molecule has 7 heteroatoms. The van der Waals surface area contributed by atoms with Gasteiger partial charge in [0.1, 0.15) is 0 Å². The summed E-state index contributed by atoms with van der Waals surface area (Å²) in [6, 6.07) is 7.80. The highest BCUT2D eigenvalue weighted by Gasteiger charge is 2.57. The fourth-order valence-corrected chi connectivity index (χ4v) is 3.42. The second kappa shape index (κ2) is 5.73. The number of amides is 1. The molecule has 2 N–H and O–H groups in total. The van der Waals surface area contributed by atoms with E-state index in [0.29, 0.717) is 12.2 Å². The van der Waals surface area contributed by atoms with Gasteiger partial charge >= 0.3 is 0 Å². The highest BCUT2D eigenvalue weighted by Crippen LogP contribution is 2.59. The van der Waals surface area contributed by atoms with E-state index >= 15 is 0 Å². The molecule has 0 bridgehead atoms. The van der Waals surface area contributed by atoms with E-state index < -0.39 is 0 Å². The Labute approximate surface area is 133 Å². The lowest BCUT2D eigenvalue weighted by Crippen LogP contribution is -2.24. The third-order valence-electron chi connectivity index (χ3n) is 4.97. The molecular formula is C16H19N5O2. The zero-order valence-corrected chi connectivity index (χ0v) is 12.8. The predicted molar refractivity (Wildman–Crippen MR) is 82.6 cm³/mol. The third-order valence-corrected chi connectivity index (χ3v) is 4.97. The third kappa shape index (κ3) is 2.96. The standard InChI is InChI=1S/C16H19N5O2/c22-15(13-10-16(13)5-7-23-8-6-16)17-12-3-1-11(2-4-12)9-14-18-20-21-19-14/h1-4,13H,5-10H2,(H,17,22)(H,18,19,20,21). The van der Waals surface area contributed by atoms with Crippen LogP contribution >= 0.6 is 0 Å². The first kappa shape index (κ1) is 14.3. The summed E-state index contributed by atoms with van der Waals surface area (Å²) in [6.07, 6.45) is 3.64. The van der Waals surface area contributed by atoms with E-state index in [-0.39, 0.29) is 17.2 Å². The molecule has 2 aromatic rings. The molecule has 2 heterocycles. The zero-order valence-electron chi connectivity index (χ0n) is 12.8. The summed E-state index contributed by atoms with van der Waals surface area (Å²) in [6.45, 7) is 1.57. The molecule has 1 atom stereocenters. The van der Waals surface area contributed by atoms with Gasteiger partial charge < -0.3 is 10.1 Å². The van der Waals surface area contributed by atoms with Crippen LogP contribution in [0.5, 0.6) is 0 Å². The van der Waals surface area contributed by atoms with Gasteiger partial charge in [0.2, 0.25) is 5.91 Å². The van der Waals surface area contributed by atoms with Crippen LogP contribution in [0.4, 0.5) is 5.69 Å². The van der Waals surface area contributed by atoms with Gasteiger partial charge in [-0.1, -0.05) is 17.3 Å². The van der Waals surface area contributed by atoms with Gasteiger partial charge in [-0.25, -0.2) is 0 Å². The Morgan fingerprint density at radius 3 is 2.78 bits per heavy atom. The minimum atomic E-state index is 0.137. The van der Waals surface area contributed by atoms with E-state index in [2.05, 4.69) is 25.9 Å². The molecule has 1 aromatic carbocycles. The number of hydrogen-bond donors (Lipinski definition) is 2. The molecule has 120 valence electrons. The van der Waals surface area contributed by atoms with Gasteiger partial charge in [0.25, 0.3) is 0 Å². The second-order valence-corrected chi connectivity index (χ2v) is 6.42. The fourth-order valence-electron chi connectivity index (χ4n) is 3.42. The number of aromatic nitrogens is 4. The molecule has 23 heavy (non-hydrogen) atoms. The van der Waals surface area contributed by atoms with Gasteiger partial charge in [-0.05, 0) is 42.4 Å². The van der Waals surface area contributed by atoms with E-state index in [1.54, 1.807) is 0 Å². The summed E-state index contributed by atoms with van der Waals surface area (Å²) in [5.74, 6) is 0.935. The maximum absolute atomic E-state index is 12.4. The highest BCUT2D eigenvalue weighted by molar-refractivity contribution is 5.95. The van der Waals surface area contributed by atoms with E-state index in [1.165, 1.54) is 0 Å². The van der Waals surface area contributed by atoms with Crippen LogP contribution in [0.3, 0.4) is 0 Å². The number of nitrogens with zero attached hydrogens (tertiary/aromatic N) is 3. The minimum Gasteiger partial charge on any atom is -0.381 e. The van der Waals surface area contributed by atoms with Crippen LogP contribution in [0.25, 0.3) is 0 Å². The number of hydrogen-bond acceptors (Lipinski definition) is 5. The molecule has 2 fully saturated rings. The molecule has 1 amide bonds. The van der Waals surface area contributed by atoms with Crippen LogP contribution in [0.2, 0.25) is 0 Å². The Bertz CT molecular complexity index is 677. The van der Waals surface area contributed by atoms with Gasteiger partial charge in [-0.2, -0.15) is 5.21 Å². The maximum Gasteiger partial charge on any atom is 0.228 e. The molecule has 1 unspecified atom stereocenters. The van der Waals surface area contributed by atoms with Crippen LogP contribution in [0.1, 0.15) is 30.7 Å². The van der Waals surface area contributed by atoms with Crippen LogP contribution in [0.15, 0.2) is 24.3 Å². The predicted octanol–water partition coefficient (Wildman–Crippen LogP) is 1.55. The fraction of sp³-hybridized carbons (Fsp3) is 0.500. The molecule has 1 aliphatic heterocycles. The first-order chi connectivity index (χ1) is 11.3. The smallest absolute Gasteiger partial charge is 0.228 e. The summed E-state index contributed by atoms with van der Waals surface area (Å²) in [7, 11) is 0. The van der Waals surface area contributed by atoms with Crippen LogP contribution in [0, 0.1) is 11.3 Å². The summed E-state index contributed by atoms with van der Waals surface area (Å²) >= 11 is 0. The van der Waals surface area contributed by atoms with E-state index in [0.717, 1.165) is 43.7 Å². The molecule has 0 radical (unpaired) electrons.